The molecule has 0 aliphatic heterocycles. The van der Waals surface area contributed by atoms with E-state index in [0.717, 1.165) is 17.0 Å². The molecule has 150 valence electrons. The highest BCUT2D eigenvalue weighted by molar-refractivity contribution is 7.99. The predicted molar refractivity (Wildman–Crippen MR) is 107 cm³/mol. The van der Waals surface area contributed by atoms with Crippen molar-refractivity contribution in [3.63, 3.8) is 0 Å². The molecule has 28 heavy (non-hydrogen) atoms. The van der Waals surface area contributed by atoms with E-state index < -0.39 is 29.1 Å². The summed E-state index contributed by atoms with van der Waals surface area (Å²) in [5, 5.41) is 5.21. The SMILES string of the molecule is Cc1ccc(SCCNC(=O)C(NC(=O)c2c(F)cccc2F)C(C)C)cc1. The van der Waals surface area contributed by atoms with Crippen molar-refractivity contribution in [3.8, 4) is 0 Å². The van der Waals surface area contributed by atoms with Crippen LogP contribution in [0.1, 0.15) is 29.8 Å². The monoisotopic (exact) mass is 406 g/mol. The Morgan fingerprint density at radius 2 is 1.64 bits per heavy atom. The number of thioether (sulfide) groups is 1. The van der Waals surface area contributed by atoms with Crippen molar-refractivity contribution in [3.05, 3.63) is 65.2 Å². The normalized spacial score (nSPS) is 11.9. The quantitative estimate of drug-likeness (QED) is 0.516. The lowest BCUT2D eigenvalue weighted by atomic mass is 10.0. The number of hydrogen-bond donors (Lipinski definition) is 2. The van der Waals surface area contributed by atoms with Crippen molar-refractivity contribution < 1.29 is 18.4 Å². The third kappa shape index (κ3) is 6.05. The molecule has 0 saturated carbocycles. The molecule has 7 heteroatoms. The van der Waals surface area contributed by atoms with Gasteiger partial charge in [-0.05, 0) is 37.1 Å². The Balaban J connectivity index is 1.90. The summed E-state index contributed by atoms with van der Waals surface area (Å²) >= 11 is 1.60. The van der Waals surface area contributed by atoms with E-state index in [2.05, 4.69) is 10.6 Å². The molecular weight excluding hydrogens is 382 g/mol. The third-order valence-electron chi connectivity index (χ3n) is 4.12. The second-order valence-corrected chi connectivity index (χ2v) is 7.91. The largest absolute Gasteiger partial charge is 0.353 e. The minimum atomic E-state index is -0.963. The van der Waals surface area contributed by atoms with Crippen LogP contribution >= 0.6 is 11.8 Å². The van der Waals surface area contributed by atoms with Gasteiger partial charge in [-0.3, -0.25) is 9.59 Å². The van der Waals surface area contributed by atoms with Gasteiger partial charge in [0.05, 0.1) is 0 Å². The lowest BCUT2D eigenvalue weighted by molar-refractivity contribution is -0.123. The standard InChI is InChI=1S/C21H24F2N2O2S/c1-13(2)19(25-20(26)18-16(22)5-4-6-17(18)23)21(27)24-11-12-28-15-9-7-14(3)8-10-15/h4-10,13,19H,11-12H2,1-3H3,(H,24,27)(H,25,26). The fraction of sp³-hybridized carbons (Fsp3) is 0.333. The summed E-state index contributed by atoms with van der Waals surface area (Å²) in [6.07, 6.45) is 0. The molecule has 0 aliphatic rings. The van der Waals surface area contributed by atoms with Crippen LogP contribution in [0.15, 0.2) is 47.4 Å². The van der Waals surface area contributed by atoms with Crippen molar-refractivity contribution in [1.29, 1.82) is 0 Å². The second kappa shape index (κ2) is 10.2. The number of halogens is 2. The number of rotatable bonds is 8. The zero-order chi connectivity index (χ0) is 20.7. The maximum absolute atomic E-state index is 13.8. The van der Waals surface area contributed by atoms with Gasteiger partial charge in [-0.25, -0.2) is 8.78 Å². The van der Waals surface area contributed by atoms with Gasteiger partial charge in [0.15, 0.2) is 0 Å². The first kappa shape index (κ1) is 21.9. The van der Waals surface area contributed by atoms with E-state index >= 15 is 0 Å². The van der Waals surface area contributed by atoms with Crippen molar-refractivity contribution in [1.82, 2.24) is 10.6 Å². The summed E-state index contributed by atoms with van der Waals surface area (Å²) in [4.78, 5) is 25.8. The van der Waals surface area contributed by atoms with Gasteiger partial charge in [-0.15, -0.1) is 11.8 Å². The van der Waals surface area contributed by atoms with Crippen LogP contribution in [0.3, 0.4) is 0 Å². The first-order valence-corrected chi connectivity index (χ1v) is 10.00. The van der Waals surface area contributed by atoms with E-state index in [9.17, 15) is 18.4 Å². The van der Waals surface area contributed by atoms with E-state index in [4.69, 9.17) is 0 Å². The topological polar surface area (TPSA) is 58.2 Å². The smallest absolute Gasteiger partial charge is 0.257 e. The predicted octanol–water partition coefficient (Wildman–Crippen LogP) is 3.94. The molecule has 0 aromatic heterocycles. The molecule has 0 saturated heterocycles. The van der Waals surface area contributed by atoms with Crippen molar-refractivity contribution in [2.75, 3.05) is 12.3 Å². The van der Waals surface area contributed by atoms with Crippen molar-refractivity contribution in [2.24, 2.45) is 5.92 Å². The number of hydrogen-bond acceptors (Lipinski definition) is 3. The van der Waals surface area contributed by atoms with Gasteiger partial charge in [0.25, 0.3) is 5.91 Å². The lowest BCUT2D eigenvalue weighted by Crippen LogP contribution is -2.50. The molecule has 0 fully saturated rings. The van der Waals surface area contributed by atoms with Crippen molar-refractivity contribution in [2.45, 2.75) is 31.7 Å². The molecule has 2 aromatic carbocycles. The highest BCUT2D eigenvalue weighted by Crippen LogP contribution is 2.17. The molecule has 2 N–H and O–H groups in total. The van der Waals surface area contributed by atoms with Gasteiger partial charge in [0, 0.05) is 17.2 Å². The minimum Gasteiger partial charge on any atom is -0.353 e. The molecular formula is C21H24F2N2O2S. The van der Waals surface area contributed by atoms with Crippen LogP contribution in [-0.2, 0) is 4.79 Å². The zero-order valence-corrected chi connectivity index (χ0v) is 16.9. The fourth-order valence-electron chi connectivity index (χ4n) is 2.55. The summed E-state index contributed by atoms with van der Waals surface area (Å²) in [5.74, 6) is -2.84. The Labute approximate surface area is 168 Å². The van der Waals surface area contributed by atoms with Crippen molar-refractivity contribution >= 4 is 23.6 Å². The van der Waals surface area contributed by atoms with Crippen LogP contribution in [0.25, 0.3) is 0 Å². The van der Waals surface area contributed by atoms with Gasteiger partial charge in [-0.2, -0.15) is 0 Å². The molecule has 2 amide bonds. The van der Waals surface area contributed by atoms with E-state index in [0.29, 0.717) is 12.3 Å². The number of carbonyl (C=O) groups is 2. The highest BCUT2D eigenvalue weighted by Gasteiger charge is 2.27. The van der Waals surface area contributed by atoms with Crippen LogP contribution in [0.2, 0.25) is 0 Å². The van der Waals surface area contributed by atoms with Crippen LogP contribution in [0, 0.1) is 24.5 Å². The first-order valence-electron chi connectivity index (χ1n) is 9.01. The lowest BCUT2D eigenvalue weighted by Gasteiger charge is -2.22. The number of carbonyl (C=O) groups excluding carboxylic acids is 2. The maximum Gasteiger partial charge on any atom is 0.257 e. The Kier molecular flexibility index (Phi) is 7.99. The van der Waals surface area contributed by atoms with Crippen LogP contribution in [0.5, 0.6) is 0 Å². The number of nitrogens with one attached hydrogen (secondary N) is 2. The molecule has 0 spiro atoms. The Morgan fingerprint density at radius 1 is 1.04 bits per heavy atom. The Morgan fingerprint density at radius 3 is 2.21 bits per heavy atom. The summed E-state index contributed by atoms with van der Waals surface area (Å²) in [5.41, 5.74) is 0.496. The van der Waals surface area contributed by atoms with E-state index in [1.165, 1.54) is 11.6 Å². The number of aryl methyl sites for hydroxylation is 1. The fourth-order valence-corrected chi connectivity index (χ4v) is 3.32. The van der Waals surface area contributed by atoms with Crippen LogP contribution < -0.4 is 10.6 Å². The molecule has 0 heterocycles. The highest BCUT2D eigenvalue weighted by atomic mass is 32.2. The number of benzene rings is 2. The van der Waals surface area contributed by atoms with Gasteiger partial charge in [-0.1, -0.05) is 37.6 Å². The summed E-state index contributed by atoms with van der Waals surface area (Å²) in [6, 6.07) is 10.4. The van der Waals surface area contributed by atoms with Gasteiger partial charge < -0.3 is 10.6 Å². The average Bonchev–Trinajstić information content (AvgIpc) is 2.64. The molecule has 0 radical (unpaired) electrons. The molecule has 0 aliphatic carbocycles. The molecule has 1 atom stereocenters. The van der Waals surface area contributed by atoms with Gasteiger partial charge >= 0.3 is 0 Å². The Bertz CT molecular complexity index is 805. The van der Waals surface area contributed by atoms with Gasteiger partial charge in [0.1, 0.15) is 23.2 Å². The molecule has 2 rings (SSSR count). The number of amides is 2. The Hall–Kier alpha value is -2.41. The van der Waals surface area contributed by atoms with E-state index in [-0.39, 0.29) is 11.8 Å². The summed E-state index contributed by atoms with van der Waals surface area (Å²) in [6.45, 7) is 5.93. The minimum absolute atomic E-state index is 0.247. The van der Waals surface area contributed by atoms with Gasteiger partial charge in [0.2, 0.25) is 5.91 Å². The zero-order valence-electron chi connectivity index (χ0n) is 16.1. The van der Waals surface area contributed by atoms with E-state index in [1.54, 1.807) is 25.6 Å². The van der Waals surface area contributed by atoms with E-state index in [1.807, 2.05) is 31.2 Å². The maximum atomic E-state index is 13.8. The summed E-state index contributed by atoms with van der Waals surface area (Å²) in [7, 11) is 0. The average molecular weight is 406 g/mol. The molecule has 1 unspecified atom stereocenters. The molecule has 2 aromatic rings. The second-order valence-electron chi connectivity index (χ2n) is 6.74. The molecule has 0 bridgehead atoms. The summed E-state index contributed by atoms with van der Waals surface area (Å²) < 4.78 is 27.6. The van der Waals surface area contributed by atoms with Crippen LogP contribution in [0.4, 0.5) is 8.78 Å². The molecule has 4 nitrogen and oxygen atoms in total. The first-order chi connectivity index (χ1) is 13.3. The van der Waals surface area contributed by atoms with Crippen LogP contribution in [-0.4, -0.2) is 30.2 Å². The third-order valence-corrected chi connectivity index (χ3v) is 5.13.